The standard InChI is InChI=1S/C17H17Cl2N3O5S/c18-15-8-11(9-16(19)20-15)10-27-12-3-5-13(6-4-12)28(25,26)22-7-1-2-14(22)17(23)21-24/h3-6,8-9,14,24H,1-2,7,10H2,(H,21,23). The van der Waals surface area contributed by atoms with Gasteiger partial charge in [-0.25, -0.2) is 18.9 Å². The molecule has 0 bridgehead atoms. The number of aromatic nitrogens is 1. The third-order valence-corrected chi connectivity index (χ3v) is 6.58. The van der Waals surface area contributed by atoms with Gasteiger partial charge in [-0.15, -0.1) is 0 Å². The maximum absolute atomic E-state index is 12.8. The second kappa shape index (κ2) is 8.62. The second-order valence-electron chi connectivity index (χ2n) is 6.13. The van der Waals surface area contributed by atoms with Crippen molar-refractivity contribution in [3.63, 3.8) is 0 Å². The van der Waals surface area contributed by atoms with Crippen molar-refractivity contribution in [3.8, 4) is 5.75 Å². The monoisotopic (exact) mass is 445 g/mol. The van der Waals surface area contributed by atoms with E-state index in [1.54, 1.807) is 12.1 Å². The number of carbonyl (C=O) groups excluding carboxylic acids is 1. The molecule has 2 aromatic rings. The Kier molecular flexibility index (Phi) is 6.41. The summed E-state index contributed by atoms with van der Waals surface area (Å²) in [6, 6.07) is 8.17. The van der Waals surface area contributed by atoms with Gasteiger partial charge in [0.05, 0.1) is 4.90 Å². The molecule has 11 heteroatoms. The lowest BCUT2D eigenvalue weighted by Crippen LogP contribution is -2.44. The highest BCUT2D eigenvalue weighted by Gasteiger charge is 2.39. The van der Waals surface area contributed by atoms with Gasteiger partial charge in [0.25, 0.3) is 5.91 Å². The van der Waals surface area contributed by atoms with E-state index in [9.17, 15) is 13.2 Å². The van der Waals surface area contributed by atoms with Gasteiger partial charge in [0.2, 0.25) is 10.0 Å². The van der Waals surface area contributed by atoms with Gasteiger partial charge in [-0.3, -0.25) is 10.0 Å². The highest BCUT2D eigenvalue weighted by Crippen LogP contribution is 2.27. The zero-order chi connectivity index (χ0) is 20.3. The maximum Gasteiger partial charge on any atom is 0.261 e. The summed E-state index contributed by atoms with van der Waals surface area (Å²) in [7, 11) is -3.88. The summed E-state index contributed by atoms with van der Waals surface area (Å²) in [5.41, 5.74) is 2.24. The second-order valence-corrected chi connectivity index (χ2v) is 8.80. The van der Waals surface area contributed by atoms with Crippen LogP contribution in [0.2, 0.25) is 10.3 Å². The Balaban J connectivity index is 1.72. The van der Waals surface area contributed by atoms with Crippen LogP contribution in [-0.4, -0.2) is 41.4 Å². The molecule has 1 saturated heterocycles. The van der Waals surface area contributed by atoms with Gasteiger partial charge in [0, 0.05) is 6.54 Å². The summed E-state index contributed by atoms with van der Waals surface area (Å²) in [6.07, 6.45) is 0.888. The third-order valence-electron chi connectivity index (χ3n) is 4.27. The van der Waals surface area contributed by atoms with Crippen LogP contribution in [0.5, 0.6) is 5.75 Å². The first-order valence-corrected chi connectivity index (χ1v) is 10.5. The van der Waals surface area contributed by atoms with Gasteiger partial charge >= 0.3 is 0 Å². The van der Waals surface area contributed by atoms with Crippen molar-refractivity contribution in [3.05, 3.63) is 52.3 Å². The maximum atomic E-state index is 12.8. The highest BCUT2D eigenvalue weighted by atomic mass is 35.5. The molecular weight excluding hydrogens is 429 g/mol. The Hall–Kier alpha value is -1.91. The Labute approximate surface area is 172 Å². The van der Waals surface area contributed by atoms with E-state index in [1.165, 1.54) is 29.7 Å². The van der Waals surface area contributed by atoms with Crippen LogP contribution in [0.25, 0.3) is 0 Å². The molecule has 1 atom stereocenters. The van der Waals surface area contributed by atoms with E-state index in [-0.39, 0.29) is 28.4 Å². The molecule has 3 rings (SSSR count). The smallest absolute Gasteiger partial charge is 0.261 e. The summed E-state index contributed by atoms with van der Waals surface area (Å²) in [6.45, 7) is 0.390. The van der Waals surface area contributed by atoms with Crippen molar-refractivity contribution < 1.29 is 23.2 Å². The SMILES string of the molecule is O=C(NO)C1CCCN1S(=O)(=O)c1ccc(OCc2cc(Cl)nc(Cl)c2)cc1. The van der Waals surface area contributed by atoms with E-state index in [1.807, 2.05) is 0 Å². The first kappa shape index (κ1) is 20.8. The fourth-order valence-corrected chi connectivity index (χ4v) is 5.13. The number of ether oxygens (including phenoxy) is 1. The zero-order valence-electron chi connectivity index (χ0n) is 14.5. The van der Waals surface area contributed by atoms with Crippen LogP contribution in [-0.2, 0) is 21.4 Å². The van der Waals surface area contributed by atoms with E-state index < -0.39 is 22.0 Å². The van der Waals surface area contributed by atoms with Crippen LogP contribution in [0, 0.1) is 0 Å². The number of carbonyl (C=O) groups is 1. The molecule has 1 aromatic heterocycles. The minimum absolute atomic E-state index is 0.0347. The first-order valence-electron chi connectivity index (χ1n) is 8.32. The number of hydrogen-bond donors (Lipinski definition) is 2. The Morgan fingerprint density at radius 3 is 2.50 bits per heavy atom. The van der Waals surface area contributed by atoms with Gasteiger partial charge in [0.1, 0.15) is 28.7 Å². The lowest BCUT2D eigenvalue weighted by atomic mass is 10.2. The average Bonchev–Trinajstić information content (AvgIpc) is 3.16. The lowest BCUT2D eigenvalue weighted by Gasteiger charge is -2.22. The van der Waals surface area contributed by atoms with Crippen molar-refractivity contribution in [2.24, 2.45) is 0 Å². The number of pyridine rings is 1. The van der Waals surface area contributed by atoms with E-state index >= 15 is 0 Å². The van der Waals surface area contributed by atoms with E-state index in [0.717, 1.165) is 9.87 Å². The number of rotatable bonds is 6. The predicted octanol–water partition coefficient (Wildman–Crippen LogP) is 2.63. The van der Waals surface area contributed by atoms with Gasteiger partial charge in [-0.05, 0) is 54.8 Å². The summed E-state index contributed by atoms with van der Waals surface area (Å²) in [5, 5.41) is 9.31. The molecule has 2 heterocycles. The molecule has 1 unspecified atom stereocenters. The molecule has 2 N–H and O–H groups in total. The van der Waals surface area contributed by atoms with Crippen molar-refractivity contribution in [2.75, 3.05) is 6.54 Å². The van der Waals surface area contributed by atoms with E-state index in [0.29, 0.717) is 18.6 Å². The van der Waals surface area contributed by atoms with Gasteiger partial charge in [0.15, 0.2) is 0 Å². The van der Waals surface area contributed by atoms with Crippen molar-refractivity contribution in [2.45, 2.75) is 30.4 Å². The van der Waals surface area contributed by atoms with Crippen LogP contribution in [0.15, 0.2) is 41.3 Å². The molecule has 0 spiro atoms. The number of nitrogens with one attached hydrogen (secondary N) is 1. The molecule has 1 amide bonds. The molecule has 1 aliphatic rings. The number of benzene rings is 1. The van der Waals surface area contributed by atoms with Crippen LogP contribution in [0.3, 0.4) is 0 Å². The summed E-state index contributed by atoms with van der Waals surface area (Å²) in [5.74, 6) is -0.287. The van der Waals surface area contributed by atoms with Gasteiger partial charge < -0.3 is 4.74 Å². The largest absolute Gasteiger partial charge is 0.489 e. The number of halogens is 2. The fraction of sp³-hybridized carbons (Fsp3) is 0.294. The number of nitrogens with zero attached hydrogens (tertiary/aromatic N) is 2. The van der Waals surface area contributed by atoms with E-state index in [2.05, 4.69) is 4.98 Å². The number of sulfonamides is 1. The van der Waals surface area contributed by atoms with Crippen molar-refractivity contribution in [1.29, 1.82) is 0 Å². The molecule has 0 aliphatic carbocycles. The quantitative estimate of drug-likeness (QED) is 0.401. The van der Waals surface area contributed by atoms with Crippen molar-refractivity contribution in [1.82, 2.24) is 14.8 Å². The van der Waals surface area contributed by atoms with Crippen LogP contribution >= 0.6 is 23.2 Å². The van der Waals surface area contributed by atoms with Crippen LogP contribution < -0.4 is 10.2 Å². The fourth-order valence-electron chi connectivity index (χ4n) is 2.97. The summed E-state index contributed by atoms with van der Waals surface area (Å²) < 4.78 is 32.4. The van der Waals surface area contributed by atoms with Crippen molar-refractivity contribution >= 4 is 39.1 Å². The number of hydrogen-bond acceptors (Lipinski definition) is 6. The lowest BCUT2D eigenvalue weighted by molar-refractivity contribution is -0.132. The number of hydroxylamine groups is 1. The van der Waals surface area contributed by atoms with E-state index in [4.69, 9.17) is 33.1 Å². The Morgan fingerprint density at radius 1 is 1.25 bits per heavy atom. The van der Waals surface area contributed by atoms with Gasteiger partial charge in [-0.1, -0.05) is 23.2 Å². The van der Waals surface area contributed by atoms with Gasteiger partial charge in [-0.2, -0.15) is 4.31 Å². The normalized spacial score (nSPS) is 17.5. The van der Waals surface area contributed by atoms with Crippen LogP contribution in [0.4, 0.5) is 0 Å². The molecule has 8 nitrogen and oxygen atoms in total. The molecule has 1 fully saturated rings. The average molecular weight is 446 g/mol. The molecule has 150 valence electrons. The Morgan fingerprint density at radius 2 is 1.89 bits per heavy atom. The third kappa shape index (κ3) is 4.56. The minimum atomic E-state index is -3.88. The predicted molar refractivity (Wildman–Crippen MR) is 102 cm³/mol. The molecular formula is C17H17Cl2N3O5S. The summed E-state index contributed by atoms with van der Waals surface area (Å²) in [4.78, 5) is 15.6. The molecule has 28 heavy (non-hydrogen) atoms. The zero-order valence-corrected chi connectivity index (χ0v) is 16.8. The summed E-state index contributed by atoms with van der Waals surface area (Å²) >= 11 is 11.7. The highest BCUT2D eigenvalue weighted by molar-refractivity contribution is 7.89. The Bertz CT molecular complexity index is 949. The molecule has 1 aromatic carbocycles. The topological polar surface area (TPSA) is 109 Å². The minimum Gasteiger partial charge on any atom is -0.489 e. The number of amides is 1. The first-order chi connectivity index (χ1) is 13.3. The molecule has 1 aliphatic heterocycles. The molecule has 0 radical (unpaired) electrons. The van der Waals surface area contributed by atoms with Crippen LogP contribution in [0.1, 0.15) is 18.4 Å². The molecule has 0 saturated carbocycles.